The Labute approximate surface area is 417 Å². The van der Waals surface area contributed by atoms with Crippen LogP contribution in [0.15, 0.2) is 84.9 Å². The monoisotopic (exact) mass is 1040 g/mol. The van der Waals surface area contributed by atoms with Crippen LogP contribution in [0.5, 0.6) is 11.5 Å². The Kier molecular flexibility index (Phi) is 23.2. The first-order valence-electron chi connectivity index (χ1n) is 20.1. The summed E-state index contributed by atoms with van der Waals surface area (Å²) >= 11 is 11.8. The molecule has 18 nitrogen and oxygen atoms in total. The predicted molar refractivity (Wildman–Crippen MR) is 248 cm³/mol. The molecular formula is C48H48Cl2CuN4O14. The number of carboxylic acids is 2. The Morgan fingerprint density at radius 1 is 0.565 bits per heavy atom. The minimum absolute atomic E-state index is 0. The normalized spacial score (nSPS) is 10.0. The Hall–Kier alpha value is -7.18. The summed E-state index contributed by atoms with van der Waals surface area (Å²) in [5, 5.41) is 23.3. The van der Waals surface area contributed by atoms with E-state index in [4.69, 9.17) is 42.1 Å². The van der Waals surface area contributed by atoms with E-state index in [1.165, 1.54) is 33.2 Å². The number of halogens is 2. The van der Waals surface area contributed by atoms with Gasteiger partial charge < -0.3 is 48.5 Å². The smallest absolute Gasteiger partial charge is 0.546 e. The van der Waals surface area contributed by atoms with E-state index in [0.29, 0.717) is 77.0 Å². The fourth-order valence-electron chi connectivity index (χ4n) is 6.26. The molecule has 4 aromatic carbocycles. The Balaban J connectivity index is 0.000000391. The summed E-state index contributed by atoms with van der Waals surface area (Å²) in [5.74, 6) is -3.92. The van der Waals surface area contributed by atoms with Crippen molar-refractivity contribution in [1.29, 1.82) is 0 Å². The fourth-order valence-corrected chi connectivity index (χ4v) is 6.51. The molecule has 0 aliphatic carbocycles. The van der Waals surface area contributed by atoms with Crippen LogP contribution in [0.25, 0.3) is 21.8 Å². The molecule has 0 aliphatic heterocycles. The molecule has 0 saturated heterocycles. The molecule has 1 radical (unpaired) electrons. The molecule has 6 rings (SSSR count). The van der Waals surface area contributed by atoms with Crippen molar-refractivity contribution in [1.82, 2.24) is 18.9 Å². The van der Waals surface area contributed by atoms with Crippen LogP contribution in [0.1, 0.15) is 43.2 Å². The van der Waals surface area contributed by atoms with E-state index in [2.05, 4.69) is 0 Å². The summed E-state index contributed by atoms with van der Waals surface area (Å²) in [4.78, 5) is 93.3. The average Bonchev–Trinajstić information content (AvgIpc) is 3.74. The summed E-state index contributed by atoms with van der Waals surface area (Å²) in [5.41, 5.74) is 4.20. The van der Waals surface area contributed by atoms with E-state index in [-0.39, 0.29) is 41.7 Å². The Morgan fingerprint density at radius 2 is 0.870 bits per heavy atom. The zero-order valence-electron chi connectivity index (χ0n) is 38.6. The zero-order valence-corrected chi connectivity index (χ0v) is 41.1. The Bertz CT molecular complexity index is 2600. The molecule has 0 atom stereocenters. The van der Waals surface area contributed by atoms with E-state index in [0.717, 1.165) is 12.8 Å². The van der Waals surface area contributed by atoms with Crippen molar-refractivity contribution in [2.24, 2.45) is 0 Å². The quantitative estimate of drug-likeness (QED) is 0.0861. The van der Waals surface area contributed by atoms with Crippen LogP contribution in [0.4, 0.5) is 0 Å². The maximum Gasteiger partial charge on any atom is 2.00 e. The number of ether oxygens (including phenoxy) is 4. The van der Waals surface area contributed by atoms with Crippen LogP contribution in [0.2, 0.25) is 10.0 Å². The van der Waals surface area contributed by atoms with Crippen molar-refractivity contribution in [2.75, 3.05) is 55.6 Å². The average molecular weight is 1040 g/mol. The second-order valence-corrected chi connectivity index (χ2v) is 15.6. The van der Waals surface area contributed by atoms with Gasteiger partial charge in [0.15, 0.2) is 0 Å². The van der Waals surface area contributed by atoms with Crippen molar-refractivity contribution in [2.45, 2.75) is 26.7 Å². The van der Waals surface area contributed by atoms with Crippen LogP contribution in [-0.4, -0.2) is 123 Å². The van der Waals surface area contributed by atoms with Crippen molar-refractivity contribution in [3.8, 4) is 11.5 Å². The molecule has 0 aliphatic rings. The van der Waals surface area contributed by atoms with Gasteiger partial charge in [-0.1, -0.05) is 23.2 Å². The van der Waals surface area contributed by atoms with Gasteiger partial charge in [0.05, 0.1) is 50.0 Å². The van der Waals surface area contributed by atoms with Crippen molar-refractivity contribution in [3.63, 3.8) is 0 Å². The van der Waals surface area contributed by atoms with Gasteiger partial charge in [0.1, 0.15) is 24.7 Å². The van der Waals surface area contributed by atoms with Gasteiger partial charge in [-0.2, -0.15) is 0 Å². The summed E-state index contributed by atoms with van der Waals surface area (Å²) in [6, 6.07) is 23.3. The SMILES string of the molecule is CN(C)C=O.CN(C)C=O.COc1ccc2c(c1)c(CC(=O)OCC(=O)[O-])c(C)n2C(=O)c1ccc(Cl)cc1.COc1ccc2c(c1)c(CC(=O)OCC(=O)[O-])c(C)n2C(=O)c1ccc(Cl)cc1.[Cu+2]. The molecule has 2 amide bonds. The third-order valence-electron chi connectivity index (χ3n) is 9.44. The number of amides is 2. The molecule has 0 bridgehead atoms. The molecule has 369 valence electrons. The van der Waals surface area contributed by atoms with E-state index >= 15 is 0 Å². The van der Waals surface area contributed by atoms with Crippen LogP contribution in [-0.2, 0) is 68.2 Å². The van der Waals surface area contributed by atoms with Gasteiger partial charge in [0.2, 0.25) is 12.8 Å². The van der Waals surface area contributed by atoms with Gasteiger partial charge in [0, 0.05) is 71.5 Å². The summed E-state index contributed by atoms with van der Waals surface area (Å²) < 4.78 is 22.9. The third-order valence-corrected chi connectivity index (χ3v) is 9.94. The number of benzene rings is 4. The summed E-state index contributed by atoms with van der Waals surface area (Å²) in [7, 11) is 9.77. The van der Waals surface area contributed by atoms with Crippen LogP contribution in [0, 0.1) is 13.8 Å². The van der Waals surface area contributed by atoms with E-state index < -0.39 is 37.1 Å². The van der Waals surface area contributed by atoms with Gasteiger partial charge in [-0.15, -0.1) is 0 Å². The number of methoxy groups -OCH3 is 2. The molecule has 2 aromatic heterocycles. The fraction of sp³-hybridized carbons (Fsp3) is 0.250. The second-order valence-electron chi connectivity index (χ2n) is 14.7. The first-order valence-corrected chi connectivity index (χ1v) is 20.8. The second kappa shape index (κ2) is 27.6. The van der Waals surface area contributed by atoms with Gasteiger partial charge >= 0.3 is 29.0 Å². The minimum atomic E-state index is -1.49. The molecule has 21 heteroatoms. The topological polar surface area (TPSA) is 236 Å². The molecule has 69 heavy (non-hydrogen) atoms. The van der Waals surface area contributed by atoms with Gasteiger partial charge in [-0.25, -0.2) is 0 Å². The molecule has 2 heterocycles. The van der Waals surface area contributed by atoms with Gasteiger partial charge in [-0.3, -0.25) is 37.9 Å². The number of rotatable bonds is 14. The number of esters is 2. The number of carbonyl (C=O) groups is 8. The van der Waals surface area contributed by atoms with E-state index in [1.807, 2.05) is 0 Å². The maximum atomic E-state index is 13.1. The molecule has 0 N–H and O–H groups in total. The molecular weight excluding hydrogens is 991 g/mol. The number of aliphatic carboxylic acids is 2. The minimum Gasteiger partial charge on any atom is -0.546 e. The molecule has 6 aromatic rings. The first kappa shape index (κ1) is 57.9. The molecule has 0 saturated carbocycles. The zero-order chi connectivity index (χ0) is 50.8. The summed E-state index contributed by atoms with van der Waals surface area (Å²) in [6.45, 7) is 1.76. The number of fused-ring (bicyclic) bond motifs is 2. The summed E-state index contributed by atoms with van der Waals surface area (Å²) in [6.07, 6.45) is 1.09. The van der Waals surface area contributed by atoms with Crippen LogP contribution in [0.3, 0.4) is 0 Å². The predicted octanol–water partition coefficient (Wildman–Crippen LogP) is 3.68. The number of carboxylic acid groups (broad SMARTS) is 2. The molecule has 0 spiro atoms. The van der Waals surface area contributed by atoms with Crippen LogP contribution < -0.4 is 19.7 Å². The maximum absolute atomic E-state index is 13.1. The number of hydrogen-bond acceptors (Lipinski definition) is 14. The van der Waals surface area contributed by atoms with Gasteiger partial charge in [-0.05, 0) is 110 Å². The van der Waals surface area contributed by atoms with Crippen LogP contribution >= 0.6 is 23.2 Å². The van der Waals surface area contributed by atoms with E-state index in [1.54, 1.807) is 127 Å². The Morgan fingerprint density at radius 3 is 1.13 bits per heavy atom. The number of nitrogens with zero attached hydrogens (tertiary/aromatic N) is 4. The van der Waals surface area contributed by atoms with Gasteiger partial charge in [0.25, 0.3) is 11.8 Å². The largest absolute Gasteiger partial charge is 2.00 e. The van der Waals surface area contributed by atoms with Crippen molar-refractivity contribution < 1.29 is 84.6 Å². The van der Waals surface area contributed by atoms with Crippen molar-refractivity contribution in [3.05, 3.63) is 129 Å². The van der Waals surface area contributed by atoms with Crippen molar-refractivity contribution >= 4 is 93.5 Å². The number of aromatic nitrogens is 2. The number of carbonyl (C=O) groups excluding carboxylic acids is 8. The van der Waals surface area contributed by atoms with E-state index in [9.17, 15) is 48.6 Å². The number of hydrogen-bond donors (Lipinski definition) is 0. The molecule has 0 fully saturated rings. The third kappa shape index (κ3) is 16.5. The molecule has 0 unspecified atom stereocenters. The standard InChI is InChI=1S/2C21H18ClNO6.2C3H7NO.Cu/c2*1-12-16(10-20(26)29-11-19(24)25)17-9-15(28-2)7-8-18(17)23(12)21(27)13-3-5-14(22)6-4-13;2*1-4(2)3-5;/h2*3-9H,10-11H2,1-2H3,(H,24,25);2*3H,1-2H3;/q;;;;+2/p-2. The first-order chi connectivity index (χ1) is 32.2.